The fraction of sp³-hybridized carbons (Fsp3) is 0.818. The van der Waals surface area contributed by atoms with Gasteiger partial charge in [0.2, 0.25) is 5.13 Å². The zero-order valence-electron chi connectivity index (χ0n) is 9.43. The molecule has 1 N–H and O–H groups in total. The summed E-state index contributed by atoms with van der Waals surface area (Å²) in [4.78, 5) is 6.62. The van der Waals surface area contributed by atoms with E-state index in [0.29, 0.717) is 0 Å². The summed E-state index contributed by atoms with van der Waals surface area (Å²) >= 11 is 1.50. The van der Waals surface area contributed by atoms with E-state index in [4.69, 9.17) is 0 Å². The molecular formula is C11H18N4S. The number of rotatable bonds is 4. The number of nitrogens with zero attached hydrogens (tertiary/aromatic N) is 3. The lowest BCUT2D eigenvalue weighted by molar-refractivity contribution is 0.408. The fourth-order valence-corrected chi connectivity index (χ4v) is 2.82. The highest BCUT2D eigenvalue weighted by Crippen LogP contribution is 2.28. The predicted octanol–water partition coefficient (Wildman–Crippen LogP) is 1.51. The van der Waals surface area contributed by atoms with Gasteiger partial charge in [-0.15, -0.1) is 0 Å². The van der Waals surface area contributed by atoms with Gasteiger partial charge in [-0.25, -0.2) is 4.98 Å². The van der Waals surface area contributed by atoms with Gasteiger partial charge in [0.25, 0.3) is 0 Å². The molecule has 2 aliphatic rings. The Morgan fingerprint density at radius 1 is 1.31 bits per heavy atom. The molecule has 0 aromatic carbocycles. The van der Waals surface area contributed by atoms with Gasteiger partial charge in [0.1, 0.15) is 6.33 Å². The number of piperidine rings is 1. The zero-order chi connectivity index (χ0) is 10.8. The summed E-state index contributed by atoms with van der Waals surface area (Å²) in [5.41, 5.74) is 0. The smallest absolute Gasteiger partial charge is 0.204 e. The van der Waals surface area contributed by atoms with Crippen molar-refractivity contribution in [3.8, 4) is 0 Å². The van der Waals surface area contributed by atoms with Gasteiger partial charge < -0.3 is 10.2 Å². The highest BCUT2D eigenvalue weighted by molar-refractivity contribution is 7.09. The third-order valence-electron chi connectivity index (χ3n) is 3.51. The first-order valence-electron chi connectivity index (χ1n) is 6.17. The van der Waals surface area contributed by atoms with E-state index in [0.717, 1.165) is 30.2 Å². The van der Waals surface area contributed by atoms with E-state index < -0.39 is 0 Å². The number of hydrogen-bond donors (Lipinski definition) is 1. The van der Waals surface area contributed by atoms with E-state index in [1.54, 1.807) is 6.33 Å². The largest absolute Gasteiger partial charge is 0.347 e. The van der Waals surface area contributed by atoms with Gasteiger partial charge in [-0.1, -0.05) is 0 Å². The summed E-state index contributed by atoms with van der Waals surface area (Å²) in [7, 11) is 0. The van der Waals surface area contributed by atoms with Gasteiger partial charge >= 0.3 is 0 Å². The molecule has 0 radical (unpaired) electrons. The van der Waals surface area contributed by atoms with Gasteiger partial charge in [0.15, 0.2) is 0 Å². The Morgan fingerprint density at radius 3 is 2.75 bits per heavy atom. The summed E-state index contributed by atoms with van der Waals surface area (Å²) in [6, 6.07) is 0.727. The maximum absolute atomic E-state index is 4.26. The average Bonchev–Trinajstić information content (AvgIpc) is 3.00. The van der Waals surface area contributed by atoms with Crippen molar-refractivity contribution >= 4 is 16.7 Å². The minimum atomic E-state index is 0.727. The van der Waals surface area contributed by atoms with Crippen LogP contribution in [0.25, 0.3) is 0 Å². The minimum absolute atomic E-state index is 0.727. The van der Waals surface area contributed by atoms with Gasteiger partial charge in [0.05, 0.1) is 0 Å². The molecule has 1 aliphatic carbocycles. The SMILES string of the molecule is c1nsc(N2CCC(NCC3CC3)CC2)n1. The van der Waals surface area contributed by atoms with Gasteiger partial charge in [-0.2, -0.15) is 4.37 Å². The average molecular weight is 238 g/mol. The molecule has 0 unspecified atom stereocenters. The molecule has 0 amide bonds. The van der Waals surface area contributed by atoms with E-state index in [1.807, 2.05) is 0 Å². The molecule has 1 aliphatic heterocycles. The molecule has 2 heterocycles. The Kier molecular flexibility index (Phi) is 3.06. The molecule has 88 valence electrons. The Morgan fingerprint density at radius 2 is 2.12 bits per heavy atom. The van der Waals surface area contributed by atoms with Crippen molar-refractivity contribution in [2.45, 2.75) is 31.7 Å². The molecule has 4 nitrogen and oxygen atoms in total. The molecule has 5 heteroatoms. The standard InChI is InChI=1S/C11H18N4S/c1-2-9(1)7-12-10-3-5-15(6-4-10)11-13-8-14-16-11/h8-10,12H,1-7H2. The highest BCUT2D eigenvalue weighted by atomic mass is 32.1. The first-order chi connectivity index (χ1) is 7.92. The van der Waals surface area contributed by atoms with Crippen LogP contribution in [0.3, 0.4) is 0 Å². The summed E-state index contributed by atoms with van der Waals surface area (Å²) in [5.74, 6) is 0.987. The lowest BCUT2D eigenvalue weighted by Gasteiger charge is -2.32. The molecule has 1 aromatic rings. The zero-order valence-corrected chi connectivity index (χ0v) is 10.2. The topological polar surface area (TPSA) is 41.1 Å². The van der Waals surface area contributed by atoms with Gasteiger partial charge in [-0.3, -0.25) is 0 Å². The second kappa shape index (κ2) is 4.67. The summed E-state index contributed by atoms with van der Waals surface area (Å²) in [6.07, 6.45) is 7.02. The first-order valence-corrected chi connectivity index (χ1v) is 6.94. The summed E-state index contributed by atoms with van der Waals surface area (Å²) < 4.78 is 4.06. The van der Waals surface area contributed by atoms with Crippen LogP contribution in [0.2, 0.25) is 0 Å². The van der Waals surface area contributed by atoms with Gasteiger partial charge in [-0.05, 0) is 38.1 Å². The van der Waals surface area contributed by atoms with Crippen LogP contribution < -0.4 is 10.2 Å². The highest BCUT2D eigenvalue weighted by Gasteiger charge is 2.24. The molecule has 16 heavy (non-hydrogen) atoms. The Labute approximate surface area is 100 Å². The van der Waals surface area contributed by atoms with Crippen LogP contribution in [0, 0.1) is 5.92 Å². The maximum atomic E-state index is 4.26. The summed E-state index contributed by atoms with van der Waals surface area (Å²) in [5, 5.41) is 4.77. The fourth-order valence-electron chi connectivity index (χ4n) is 2.24. The van der Waals surface area contributed by atoms with Crippen LogP contribution in [-0.4, -0.2) is 35.0 Å². The Bertz CT molecular complexity index is 315. The number of aromatic nitrogens is 2. The van der Waals surface area contributed by atoms with Crippen LogP contribution in [0.4, 0.5) is 5.13 Å². The van der Waals surface area contributed by atoms with Crippen LogP contribution in [0.1, 0.15) is 25.7 Å². The van der Waals surface area contributed by atoms with E-state index >= 15 is 0 Å². The molecule has 1 saturated heterocycles. The maximum Gasteiger partial charge on any atom is 0.204 e. The third-order valence-corrected chi connectivity index (χ3v) is 4.23. The van der Waals surface area contributed by atoms with Gasteiger partial charge in [0, 0.05) is 30.7 Å². The molecular weight excluding hydrogens is 220 g/mol. The predicted molar refractivity (Wildman–Crippen MR) is 65.9 cm³/mol. The first kappa shape index (κ1) is 10.5. The van der Waals surface area contributed by atoms with Crippen molar-refractivity contribution in [2.75, 3.05) is 24.5 Å². The van der Waals surface area contributed by atoms with E-state index in [2.05, 4.69) is 19.6 Å². The molecule has 0 bridgehead atoms. The molecule has 1 aromatic heterocycles. The van der Waals surface area contributed by atoms with E-state index in [9.17, 15) is 0 Å². The van der Waals surface area contributed by atoms with Crippen molar-refractivity contribution < 1.29 is 0 Å². The lowest BCUT2D eigenvalue weighted by Crippen LogP contribution is -2.43. The van der Waals surface area contributed by atoms with Crippen molar-refractivity contribution in [3.05, 3.63) is 6.33 Å². The van der Waals surface area contributed by atoms with Crippen LogP contribution in [0.15, 0.2) is 6.33 Å². The van der Waals surface area contributed by atoms with Crippen LogP contribution in [0.5, 0.6) is 0 Å². The number of anilines is 1. The van der Waals surface area contributed by atoms with Crippen molar-refractivity contribution in [3.63, 3.8) is 0 Å². The molecule has 0 atom stereocenters. The van der Waals surface area contributed by atoms with E-state index in [1.165, 1.54) is 43.8 Å². The van der Waals surface area contributed by atoms with Crippen LogP contribution in [-0.2, 0) is 0 Å². The van der Waals surface area contributed by atoms with Crippen molar-refractivity contribution in [2.24, 2.45) is 5.92 Å². The van der Waals surface area contributed by atoms with Crippen molar-refractivity contribution in [1.29, 1.82) is 0 Å². The molecule has 0 spiro atoms. The Hall–Kier alpha value is -0.680. The van der Waals surface area contributed by atoms with Crippen molar-refractivity contribution in [1.82, 2.24) is 14.7 Å². The molecule has 2 fully saturated rings. The molecule has 1 saturated carbocycles. The monoisotopic (exact) mass is 238 g/mol. The second-order valence-corrected chi connectivity index (χ2v) is 5.60. The number of hydrogen-bond acceptors (Lipinski definition) is 5. The normalized spacial score (nSPS) is 22.6. The van der Waals surface area contributed by atoms with E-state index in [-0.39, 0.29) is 0 Å². The Balaban J connectivity index is 1.44. The number of nitrogens with one attached hydrogen (secondary N) is 1. The summed E-state index contributed by atoms with van der Waals surface area (Å²) in [6.45, 7) is 3.48. The quantitative estimate of drug-likeness (QED) is 0.863. The third kappa shape index (κ3) is 2.52. The minimum Gasteiger partial charge on any atom is -0.347 e. The lowest BCUT2D eigenvalue weighted by atomic mass is 10.1. The van der Waals surface area contributed by atoms with Crippen LogP contribution >= 0.6 is 11.5 Å². The second-order valence-electron chi connectivity index (χ2n) is 4.84. The molecule has 3 rings (SSSR count).